The first-order valence-corrected chi connectivity index (χ1v) is 9.61. The van der Waals surface area contributed by atoms with Crippen molar-refractivity contribution in [2.24, 2.45) is 0 Å². The Balaban J connectivity index is 1.54. The van der Waals surface area contributed by atoms with Crippen LogP contribution in [0.2, 0.25) is 5.02 Å². The van der Waals surface area contributed by atoms with Crippen LogP contribution in [0.3, 0.4) is 0 Å². The molecule has 1 N–H and O–H groups in total. The van der Waals surface area contributed by atoms with E-state index < -0.39 is 30.7 Å². The van der Waals surface area contributed by atoms with Gasteiger partial charge in [0, 0.05) is 28.6 Å². The van der Waals surface area contributed by atoms with E-state index >= 15 is 0 Å². The summed E-state index contributed by atoms with van der Waals surface area (Å²) >= 11 is 6.04. The predicted molar refractivity (Wildman–Crippen MR) is 115 cm³/mol. The summed E-state index contributed by atoms with van der Waals surface area (Å²) in [6.07, 6.45) is 0. The minimum atomic E-state index is -0.736. The molecule has 0 aliphatic rings. The van der Waals surface area contributed by atoms with Gasteiger partial charge in [0.2, 0.25) is 0 Å². The zero-order valence-corrected chi connectivity index (χ0v) is 17.9. The molecule has 1 amide bonds. The van der Waals surface area contributed by atoms with Crippen LogP contribution in [0.15, 0.2) is 45.6 Å². The number of halogens is 1. The molecule has 9 heteroatoms. The van der Waals surface area contributed by atoms with E-state index in [2.05, 4.69) is 5.32 Å². The lowest BCUT2D eigenvalue weighted by atomic mass is 10.1. The molecule has 1 aromatic heterocycles. The molecule has 0 saturated heterocycles. The number of fused-ring (bicyclic) bond motifs is 1. The number of carbonyl (C=O) groups excluding carboxylic acids is 2. The number of hydrogen-bond acceptors (Lipinski definition) is 7. The first-order chi connectivity index (χ1) is 14.8. The van der Waals surface area contributed by atoms with Gasteiger partial charge in [0.05, 0.1) is 12.8 Å². The monoisotopic (exact) mass is 445 g/mol. The Morgan fingerprint density at radius 1 is 1.06 bits per heavy atom. The van der Waals surface area contributed by atoms with Crippen molar-refractivity contribution in [2.75, 3.05) is 25.6 Å². The molecule has 3 aromatic rings. The second kappa shape index (κ2) is 9.53. The van der Waals surface area contributed by atoms with Crippen LogP contribution in [0, 0.1) is 13.8 Å². The highest BCUT2D eigenvalue weighted by atomic mass is 35.5. The number of hydrogen-bond donors (Lipinski definition) is 1. The molecule has 0 fully saturated rings. The van der Waals surface area contributed by atoms with Gasteiger partial charge >= 0.3 is 11.6 Å². The summed E-state index contributed by atoms with van der Waals surface area (Å²) in [5, 5.41) is 3.87. The van der Waals surface area contributed by atoms with E-state index in [-0.39, 0.29) is 0 Å². The van der Waals surface area contributed by atoms with Crippen LogP contribution < -0.4 is 20.4 Å². The van der Waals surface area contributed by atoms with Crippen molar-refractivity contribution >= 4 is 40.1 Å². The molecule has 0 radical (unpaired) electrons. The fourth-order valence-corrected chi connectivity index (χ4v) is 2.99. The van der Waals surface area contributed by atoms with E-state index in [1.165, 1.54) is 19.2 Å². The third-order valence-corrected chi connectivity index (χ3v) is 4.81. The highest BCUT2D eigenvalue weighted by Gasteiger charge is 2.13. The van der Waals surface area contributed by atoms with Gasteiger partial charge in [0.15, 0.2) is 13.2 Å². The summed E-state index contributed by atoms with van der Waals surface area (Å²) < 4.78 is 20.6. The van der Waals surface area contributed by atoms with E-state index in [9.17, 15) is 14.4 Å². The fraction of sp³-hybridized carbons (Fsp3) is 0.227. The SMILES string of the molecule is COc1cc(Cl)c(C)cc1NC(=O)COC(=O)COc1ccc2c(C)cc(=O)oc2c1. The molecule has 3 rings (SSSR count). The van der Waals surface area contributed by atoms with Crippen LogP contribution in [-0.2, 0) is 14.3 Å². The number of rotatable bonds is 7. The van der Waals surface area contributed by atoms with E-state index in [1.807, 2.05) is 0 Å². The lowest BCUT2D eigenvalue weighted by molar-refractivity contribution is -0.149. The van der Waals surface area contributed by atoms with Crippen LogP contribution >= 0.6 is 11.6 Å². The largest absolute Gasteiger partial charge is 0.495 e. The average Bonchev–Trinajstić information content (AvgIpc) is 2.72. The summed E-state index contributed by atoms with van der Waals surface area (Å²) in [6.45, 7) is 2.66. The Kier molecular flexibility index (Phi) is 6.81. The molecule has 0 unspecified atom stereocenters. The third-order valence-electron chi connectivity index (χ3n) is 4.40. The number of ether oxygens (including phenoxy) is 3. The molecular formula is C22H20ClNO7. The number of esters is 1. The Hall–Kier alpha value is -3.52. The summed E-state index contributed by atoms with van der Waals surface area (Å²) in [7, 11) is 1.45. The van der Waals surface area contributed by atoms with E-state index in [4.69, 9.17) is 30.2 Å². The lowest BCUT2D eigenvalue weighted by Crippen LogP contribution is -2.24. The van der Waals surface area contributed by atoms with Crippen LogP contribution in [-0.4, -0.2) is 32.2 Å². The number of nitrogens with one attached hydrogen (secondary N) is 1. The molecule has 0 spiro atoms. The Bertz CT molecular complexity index is 1200. The van der Waals surface area contributed by atoms with Crippen molar-refractivity contribution in [3.63, 3.8) is 0 Å². The maximum Gasteiger partial charge on any atom is 0.344 e. The number of aryl methyl sites for hydroxylation is 2. The third kappa shape index (κ3) is 5.55. The first kappa shape index (κ1) is 22.2. The molecule has 31 heavy (non-hydrogen) atoms. The second-order valence-corrected chi connectivity index (χ2v) is 7.11. The van der Waals surface area contributed by atoms with Crippen molar-refractivity contribution in [3.8, 4) is 11.5 Å². The molecule has 0 aliphatic heterocycles. The van der Waals surface area contributed by atoms with Crippen molar-refractivity contribution in [2.45, 2.75) is 13.8 Å². The Morgan fingerprint density at radius 3 is 2.58 bits per heavy atom. The van der Waals surface area contributed by atoms with Crippen molar-refractivity contribution in [3.05, 3.63) is 63.0 Å². The van der Waals surface area contributed by atoms with Crippen molar-refractivity contribution in [1.82, 2.24) is 0 Å². The van der Waals surface area contributed by atoms with Crippen LogP contribution in [0.25, 0.3) is 11.0 Å². The van der Waals surface area contributed by atoms with E-state index in [0.29, 0.717) is 27.8 Å². The Labute approximate surface area is 182 Å². The van der Waals surface area contributed by atoms with Crippen molar-refractivity contribution in [1.29, 1.82) is 0 Å². The molecule has 2 aromatic carbocycles. The summed E-state index contributed by atoms with van der Waals surface area (Å²) in [6, 6.07) is 9.52. The molecule has 162 valence electrons. The van der Waals surface area contributed by atoms with Gasteiger partial charge in [0.1, 0.15) is 17.1 Å². The number of carbonyl (C=O) groups is 2. The van der Waals surface area contributed by atoms with Crippen LogP contribution in [0.1, 0.15) is 11.1 Å². The summed E-state index contributed by atoms with van der Waals surface area (Å²) in [4.78, 5) is 35.5. The van der Waals surface area contributed by atoms with Gasteiger partial charge in [-0.3, -0.25) is 4.79 Å². The maximum absolute atomic E-state index is 12.1. The molecule has 0 saturated carbocycles. The number of amides is 1. The summed E-state index contributed by atoms with van der Waals surface area (Å²) in [5.41, 5.74) is 1.82. The predicted octanol–water partition coefficient (Wildman–Crippen LogP) is 3.63. The highest BCUT2D eigenvalue weighted by Crippen LogP contribution is 2.30. The summed E-state index contributed by atoms with van der Waals surface area (Å²) in [5.74, 6) is -0.572. The van der Waals surface area contributed by atoms with Gasteiger partial charge in [-0.2, -0.15) is 0 Å². The highest BCUT2D eigenvalue weighted by molar-refractivity contribution is 6.31. The molecule has 1 heterocycles. The smallest absolute Gasteiger partial charge is 0.344 e. The molecule has 8 nitrogen and oxygen atoms in total. The van der Waals surface area contributed by atoms with Crippen LogP contribution in [0.5, 0.6) is 11.5 Å². The zero-order valence-electron chi connectivity index (χ0n) is 17.1. The van der Waals surface area contributed by atoms with Gasteiger partial charge in [-0.15, -0.1) is 0 Å². The maximum atomic E-state index is 12.1. The van der Waals surface area contributed by atoms with Crippen LogP contribution in [0.4, 0.5) is 5.69 Å². The lowest BCUT2D eigenvalue weighted by Gasteiger charge is -2.12. The number of anilines is 1. The normalized spacial score (nSPS) is 10.6. The van der Waals surface area contributed by atoms with E-state index in [0.717, 1.165) is 16.5 Å². The zero-order chi connectivity index (χ0) is 22.5. The minimum absolute atomic E-state index is 0.323. The first-order valence-electron chi connectivity index (χ1n) is 9.23. The molecule has 0 aliphatic carbocycles. The molecule has 0 bridgehead atoms. The Morgan fingerprint density at radius 2 is 1.84 bits per heavy atom. The minimum Gasteiger partial charge on any atom is -0.495 e. The fourth-order valence-electron chi connectivity index (χ4n) is 2.84. The standard InChI is InChI=1S/C22H20ClNO7/c1-12-7-21(26)31-18-8-14(4-5-15(12)18)29-11-22(27)30-10-20(25)24-17-6-13(2)16(23)9-19(17)28-3/h4-9H,10-11H2,1-3H3,(H,24,25). The number of benzene rings is 2. The number of methoxy groups -OCH3 is 1. The quantitative estimate of drug-likeness (QED) is 0.437. The second-order valence-electron chi connectivity index (χ2n) is 6.71. The van der Waals surface area contributed by atoms with Crippen molar-refractivity contribution < 1.29 is 28.2 Å². The van der Waals surface area contributed by atoms with Gasteiger partial charge < -0.3 is 23.9 Å². The topological polar surface area (TPSA) is 104 Å². The molecule has 0 atom stereocenters. The van der Waals surface area contributed by atoms with Gasteiger partial charge in [-0.1, -0.05) is 11.6 Å². The van der Waals surface area contributed by atoms with Gasteiger partial charge in [0.25, 0.3) is 5.91 Å². The van der Waals surface area contributed by atoms with Gasteiger partial charge in [-0.05, 0) is 43.2 Å². The molecular weight excluding hydrogens is 426 g/mol. The van der Waals surface area contributed by atoms with E-state index in [1.54, 1.807) is 38.1 Å². The average molecular weight is 446 g/mol. The van der Waals surface area contributed by atoms with Gasteiger partial charge in [-0.25, -0.2) is 9.59 Å².